The van der Waals surface area contributed by atoms with Gasteiger partial charge in [0.1, 0.15) is 16.8 Å². The second kappa shape index (κ2) is 5.16. The maximum absolute atomic E-state index is 9.46. The summed E-state index contributed by atoms with van der Waals surface area (Å²) in [6.45, 7) is 0. The summed E-state index contributed by atoms with van der Waals surface area (Å²) in [4.78, 5) is 4.47. The van der Waals surface area contributed by atoms with Gasteiger partial charge in [0.05, 0.1) is 15.8 Å². The van der Waals surface area contributed by atoms with Crippen LogP contribution in [0.4, 0.5) is 0 Å². The van der Waals surface area contributed by atoms with Gasteiger partial charge >= 0.3 is 0 Å². The highest BCUT2D eigenvalue weighted by Crippen LogP contribution is 2.28. The van der Waals surface area contributed by atoms with E-state index in [1.54, 1.807) is 24.3 Å². The maximum Gasteiger partial charge on any atom is 0.135 e. The van der Waals surface area contributed by atoms with Crippen LogP contribution in [0.2, 0.25) is 0 Å². The average molecular weight is 278 g/mol. The van der Waals surface area contributed by atoms with Crippen LogP contribution in [0.5, 0.6) is 5.75 Å². The molecule has 3 aromatic rings. The fourth-order valence-corrected chi connectivity index (χ4v) is 2.84. The molecular formula is C16H10N2OS. The fourth-order valence-electron chi connectivity index (χ4n) is 1.91. The van der Waals surface area contributed by atoms with E-state index in [4.69, 9.17) is 0 Å². The van der Waals surface area contributed by atoms with Gasteiger partial charge in [-0.1, -0.05) is 24.3 Å². The lowest BCUT2D eigenvalue weighted by Gasteiger charge is -1.96. The zero-order valence-corrected chi connectivity index (χ0v) is 11.3. The summed E-state index contributed by atoms with van der Waals surface area (Å²) >= 11 is 1.49. The number of hydrogen-bond donors (Lipinski definition) is 1. The molecule has 2 aromatic carbocycles. The highest BCUT2D eigenvalue weighted by molar-refractivity contribution is 7.19. The first-order valence-corrected chi connectivity index (χ1v) is 6.85. The molecule has 1 heterocycles. The number of allylic oxidation sites excluding steroid dienone is 1. The zero-order chi connectivity index (χ0) is 13.9. The minimum atomic E-state index is 0.181. The quantitative estimate of drug-likeness (QED) is 0.719. The Morgan fingerprint density at radius 3 is 2.80 bits per heavy atom. The van der Waals surface area contributed by atoms with Gasteiger partial charge in [0.2, 0.25) is 0 Å². The van der Waals surface area contributed by atoms with Gasteiger partial charge < -0.3 is 5.11 Å². The molecule has 1 N–H and O–H groups in total. The first-order chi connectivity index (χ1) is 9.76. The lowest BCUT2D eigenvalue weighted by atomic mass is 10.1. The molecule has 0 saturated heterocycles. The number of nitrogens with zero attached hydrogens (tertiary/aromatic N) is 2. The van der Waals surface area contributed by atoms with Crippen molar-refractivity contribution >= 4 is 33.2 Å². The Morgan fingerprint density at radius 2 is 2.05 bits per heavy atom. The number of thiazole rings is 1. The maximum atomic E-state index is 9.46. The van der Waals surface area contributed by atoms with Crippen molar-refractivity contribution in [1.82, 2.24) is 4.98 Å². The van der Waals surface area contributed by atoms with Gasteiger partial charge in [0.15, 0.2) is 0 Å². The average Bonchev–Trinajstić information content (AvgIpc) is 2.88. The lowest BCUT2D eigenvalue weighted by molar-refractivity contribution is 0.475. The number of fused-ring (bicyclic) bond motifs is 1. The molecule has 0 bridgehead atoms. The first-order valence-electron chi connectivity index (χ1n) is 6.03. The predicted molar refractivity (Wildman–Crippen MR) is 81.2 cm³/mol. The summed E-state index contributed by atoms with van der Waals surface area (Å²) in [7, 11) is 0. The normalized spacial score (nSPS) is 11.4. The number of hydrogen-bond acceptors (Lipinski definition) is 4. The second-order valence-corrected chi connectivity index (χ2v) is 5.28. The van der Waals surface area contributed by atoms with Crippen LogP contribution in [0.25, 0.3) is 21.9 Å². The molecule has 3 nitrogen and oxygen atoms in total. The topological polar surface area (TPSA) is 56.9 Å². The summed E-state index contributed by atoms with van der Waals surface area (Å²) in [5.41, 5.74) is 2.17. The molecule has 0 fully saturated rings. The predicted octanol–water partition coefficient (Wildman–Crippen LogP) is 4.07. The Hall–Kier alpha value is -2.64. The smallest absolute Gasteiger partial charge is 0.135 e. The number of aromatic hydroxyl groups is 1. The molecule has 0 unspecified atom stereocenters. The molecule has 1 aromatic heterocycles. The summed E-state index contributed by atoms with van der Waals surface area (Å²) in [5.74, 6) is 0.181. The SMILES string of the molecule is N#CC(=Cc1cccc(O)c1)c1nc2ccccc2s1. The monoisotopic (exact) mass is 278 g/mol. The Kier molecular flexibility index (Phi) is 3.20. The summed E-state index contributed by atoms with van der Waals surface area (Å²) < 4.78 is 1.06. The van der Waals surface area contributed by atoms with E-state index in [0.29, 0.717) is 10.6 Å². The highest BCUT2D eigenvalue weighted by Gasteiger charge is 2.08. The summed E-state index contributed by atoms with van der Waals surface area (Å²) in [6, 6.07) is 16.8. The second-order valence-electron chi connectivity index (χ2n) is 4.25. The largest absolute Gasteiger partial charge is 0.508 e. The minimum absolute atomic E-state index is 0.181. The molecule has 0 aliphatic heterocycles. The molecule has 0 radical (unpaired) electrons. The molecule has 0 aliphatic carbocycles. The Labute approximate surface area is 120 Å². The van der Waals surface area contributed by atoms with E-state index in [1.807, 2.05) is 30.3 Å². The van der Waals surface area contributed by atoms with Crippen molar-refractivity contribution in [2.75, 3.05) is 0 Å². The highest BCUT2D eigenvalue weighted by atomic mass is 32.1. The molecule has 3 rings (SSSR count). The Balaban J connectivity index is 2.07. The number of phenols is 1. The first kappa shape index (κ1) is 12.4. The fraction of sp³-hybridized carbons (Fsp3) is 0. The van der Waals surface area contributed by atoms with Crippen LogP contribution in [0.15, 0.2) is 48.5 Å². The van der Waals surface area contributed by atoms with Crippen molar-refractivity contribution in [1.29, 1.82) is 5.26 Å². The standard InChI is InChI=1S/C16H10N2OS/c17-10-12(8-11-4-3-5-13(19)9-11)16-18-14-6-1-2-7-15(14)20-16/h1-9,19H. The Bertz CT molecular complexity index is 810. The van der Waals surface area contributed by atoms with E-state index in [2.05, 4.69) is 11.1 Å². The number of nitriles is 1. The molecule has 96 valence electrons. The van der Waals surface area contributed by atoms with Gasteiger partial charge in [0, 0.05) is 0 Å². The number of benzene rings is 2. The van der Waals surface area contributed by atoms with E-state index in [9.17, 15) is 10.4 Å². The van der Waals surface area contributed by atoms with Crippen molar-refractivity contribution in [3.8, 4) is 11.8 Å². The van der Waals surface area contributed by atoms with Crippen molar-refractivity contribution in [3.05, 3.63) is 59.1 Å². The van der Waals surface area contributed by atoms with Crippen LogP contribution in [0, 0.1) is 11.3 Å². The van der Waals surface area contributed by atoms with Crippen molar-refractivity contribution in [2.24, 2.45) is 0 Å². The molecule has 0 saturated carbocycles. The Morgan fingerprint density at radius 1 is 1.20 bits per heavy atom. The van der Waals surface area contributed by atoms with Crippen LogP contribution in [-0.4, -0.2) is 10.1 Å². The van der Waals surface area contributed by atoms with Crippen LogP contribution in [0.3, 0.4) is 0 Å². The van der Waals surface area contributed by atoms with E-state index in [1.165, 1.54) is 11.3 Å². The minimum Gasteiger partial charge on any atom is -0.508 e. The molecule has 0 aliphatic rings. The van der Waals surface area contributed by atoms with Crippen LogP contribution in [0.1, 0.15) is 10.6 Å². The number of para-hydroxylation sites is 1. The van der Waals surface area contributed by atoms with E-state index in [0.717, 1.165) is 15.8 Å². The van der Waals surface area contributed by atoms with Crippen molar-refractivity contribution in [3.63, 3.8) is 0 Å². The van der Waals surface area contributed by atoms with Gasteiger partial charge in [-0.2, -0.15) is 5.26 Å². The summed E-state index contributed by atoms with van der Waals surface area (Å²) in [5, 5.41) is 19.5. The van der Waals surface area contributed by atoms with Gasteiger partial charge in [0.25, 0.3) is 0 Å². The van der Waals surface area contributed by atoms with Crippen LogP contribution in [-0.2, 0) is 0 Å². The van der Waals surface area contributed by atoms with Crippen molar-refractivity contribution < 1.29 is 5.11 Å². The number of aromatic nitrogens is 1. The molecule has 0 spiro atoms. The number of rotatable bonds is 2. The van der Waals surface area contributed by atoms with Gasteiger partial charge in [-0.3, -0.25) is 0 Å². The molecular weight excluding hydrogens is 268 g/mol. The van der Waals surface area contributed by atoms with E-state index in [-0.39, 0.29) is 5.75 Å². The third kappa shape index (κ3) is 2.40. The third-order valence-electron chi connectivity index (χ3n) is 2.83. The van der Waals surface area contributed by atoms with Crippen molar-refractivity contribution in [2.45, 2.75) is 0 Å². The van der Waals surface area contributed by atoms with Gasteiger partial charge in [-0.05, 0) is 35.9 Å². The molecule has 0 atom stereocenters. The van der Waals surface area contributed by atoms with Gasteiger partial charge in [-0.25, -0.2) is 4.98 Å². The number of phenolic OH excluding ortho intramolecular Hbond substituents is 1. The van der Waals surface area contributed by atoms with Crippen LogP contribution < -0.4 is 0 Å². The molecule has 0 amide bonds. The van der Waals surface area contributed by atoms with Crippen LogP contribution >= 0.6 is 11.3 Å². The molecule has 20 heavy (non-hydrogen) atoms. The van der Waals surface area contributed by atoms with E-state index < -0.39 is 0 Å². The van der Waals surface area contributed by atoms with Gasteiger partial charge in [-0.15, -0.1) is 11.3 Å². The zero-order valence-electron chi connectivity index (χ0n) is 10.4. The summed E-state index contributed by atoms with van der Waals surface area (Å²) in [6.07, 6.45) is 1.73. The lowest BCUT2D eigenvalue weighted by Crippen LogP contribution is -1.80. The molecule has 4 heteroatoms. The van der Waals surface area contributed by atoms with E-state index >= 15 is 0 Å². The third-order valence-corrected chi connectivity index (χ3v) is 3.90.